The van der Waals surface area contributed by atoms with Gasteiger partial charge in [-0.25, -0.2) is 0 Å². The quantitative estimate of drug-likeness (QED) is 0.469. The largest absolute Gasteiger partial charge is 0.615 e. The summed E-state index contributed by atoms with van der Waals surface area (Å²) in [6.07, 6.45) is 1.46. The van der Waals surface area contributed by atoms with Crippen molar-refractivity contribution in [1.82, 2.24) is 0 Å². The first-order valence-electron chi connectivity index (χ1n) is 1.65. The van der Waals surface area contributed by atoms with E-state index in [0.717, 1.165) is 0 Å². The number of aliphatic hydroxyl groups excluding tert-OH is 1. The summed E-state index contributed by atoms with van der Waals surface area (Å²) in [7, 11) is 0. The number of aliphatic hydroxyl groups is 1. The zero-order chi connectivity index (χ0) is 5.15. The minimum atomic E-state index is -1.06. The highest BCUT2D eigenvalue weighted by molar-refractivity contribution is 7.91. The van der Waals surface area contributed by atoms with Crippen molar-refractivity contribution in [3.63, 3.8) is 0 Å². The van der Waals surface area contributed by atoms with E-state index in [1.807, 2.05) is 0 Å². The monoisotopic (exact) mass is 108 g/mol. The van der Waals surface area contributed by atoms with E-state index >= 15 is 0 Å². The maximum Gasteiger partial charge on any atom is 0.210 e. The van der Waals surface area contributed by atoms with Crippen LogP contribution in [0.2, 0.25) is 0 Å². The highest BCUT2D eigenvalue weighted by Gasteiger charge is 2.01. The van der Waals surface area contributed by atoms with Gasteiger partial charge in [0.1, 0.15) is 0 Å². The molecule has 2 nitrogen and oxygen atoms in total. The molecule has 0 heterocycles. The van der Waals surface area contributed by atoms with Gasteiger partial charge in [-0.05, 0) is 11.2 Å². The van der Waals surface area contributed by atoms with E-state index < -0.39 is 16.6 Å². The normalized spacial score (nSPS) is 20.0. The van der Waals surface area contributed by atoms with Gasteiger partial charge in [0, 0.05) is 6.92 Å². The molecule has 38 valence electrons. The van der Waals surface area contributed by atoms with Crippen LogP contribution in [0.3, 0.4) is 0 Å². The molecule has 1 N–H and O–H groups in total. The van der Waals surface area contributed by atoms with Crippen LogP contribution >= 0.6 is 0 Å². The van der Waals surface area contributed by atoms with E-state index in [2.05, 4.69) is 0 Å². The zero-order valence-corrected chi connectivity index (χ0v) is 4.66. The molecule has 0 aliphatic heterocycles. The van der Waals surface area contributed by atoms with Gasteiger partial charge < -0.3 is 9.66 Å². The standard InChI is InChI=1S/C3H8O2S/c1-3(4)6(2)5/h3-4H,1-2H3. The maximum atomic E-state index is 10.0. The lowest BCUT2D eigenvalue weighted by Gasteiger charge is -2.04. The van der Waals surface area contributed by atoms with Gasteiger partial charge in [0.25, 0.3) is 0 Å². The number of hydrogen-bond acceptors (Lipinski definition) is 2. The van der Waals surface area contributed by atoms with Crippen LogP contribution in [0.25, 0.3) is 0 Å². The molecule has 0 aromatic heterocycles. The average molecular weight is 108 g/mol. The van der Waals surface area contributed by atoms with Crippen LogP contribution < -0.4 is 0 Å². The predicted molar refractivity (Wildman–Crippen MR) is 25.7 cm³/mol. The summed E-state index contributed by atoms with van der Waals surface area (Å²) in [6, 6.07) is 0. The summed E-state index contributed by atoms with van der Waals surface area (Å²) in [6.45, 7) is 1.50. The fraction of sp³-hybridized carbons (Fsp3) is 1.00. The molecule has 0 aromatic carbocycles. The summed E-state index contributed by atoms with van der Waals surface area (Å²) in [5, 5.41) is 8.33. The molecule has 0 fully saturated rings. The van der Waals surface area contributed by atoms with Crippen molar-refractivity contribution in [2.24, 2.45) is 0 Å². The fourth-order valence-corrected chi connectivity index (χ4v) is 0. The Morgan fingerprint density at radius 3 is 2.00 bits per heavy atom. The number of rotatable bonds is 1. The molecular weight excluding hydrogens is 100 g/mol. The van der Waals surface area contributed by atoms with Gasteiger partial charge in [-0.1, -0.05) is 0 Å². The lowest BCUT2D eigenvalue weighted by molar-refractivity contribution is 0.269. The van der Waals surface area contributed by atoms with E-state index in [4.69, 9.17) is 5.11 Å². The highest BCUT2D eigenvalue weighted by Crippen LogP contribution is 1.88. The SMILES string of the molecule is CC(O)[S+](C)[O-]. The molecule has 0 saturated carbocycles. The topological polar surface area (TPSA) is 43.3 Å². The molecule has 2 unspecified atom stereocenters. The molecule has 0 aliphatic rings. The van der Waals surface area contributed by atoms with E-state index in [0.29, 0.717) is 0 Å². The zero-order valence-electron chi connectivity index (χ0n) is 3.84. The molecular formula is C3H8O2S. The smallest absolute Gasteiger partial charge is 0.210 e. The summed E-state index contributed by atoms with van der Waals surface area (Å²) in [5.74, 6) is 0. The molecule has 0 spiro atoms. The maximum absolute atomic E-state index is 10.0. The Hall–Kier alpha value is 0.270. The van der Waals surface area contributed by atoms with Crippen molar-refractivity contribution in [3.05, 3.63) is 0 Å². The van der Waals surface area contributed by atoms with E-state index in [-0.39, 0.29) is 0 Å². The van der Waals surface area contributed by atoms with Gasteiger partial charge in [-0.15, -0.1) is 0 Å². The van der Waals surface area contributed by atoms with Gasteiger partial charge in [-0.2, -0.15) is 0 Å². The second kappa shape index (κ2) is 2.44. The summed E-state index contributed by atoms with van der Waals surface area (Å²) in [4.78, 5) is 0. The van der Waals surface area contributed by atoms with E-state index in [9.17, 15) is 4.55 Å². The fourth-order valence-electron chi connectivity index (χ4n) is 0. The molecule has 0 saturated heterocycles. The Kier molecular flexibility index (Phi) is 2.55. The van der Waals surface area contributed by atoms with Crippen LogP contribution in [0, 0.1) is 0 Å². The van der Waals surface area contributed by atoms with Crippen LogP contribution in [0.5, 0.6) is 0 Å². The summed E-state index contributed by atoms with van der Waals surface area (Å²) >= 11 is -1.06. The third-order valence-electron chi connectivity index (χ3n) is 0.480. The molecule has 3 heteroatoms. The summed E-state index contributed by atoms with van der Waals surface area (Å²) < 4.78 is 10.0. The van der Waals surface area contributed by atoms with Crippen molar-refractivity contribution in [1.29, 1.82) is 0 Å². The Morgan fingerprint density at radius 2 is 2.00 bits per heavy atom. The number of hydrogen-bond donors (Lipinski definition) is 1. The Bertz CT molecular complexity index is 29.8. The second-order valence-corrected chi connectivity index (χ2v) is 2.78. The Balaban J connectivity index is 2.99. The van der Waals surface area contributed by atoms with E-state index in [1.54, 1.807) is 0 Å². The van der Waals surface area contributed by atoms with Gasteiger partial charge >= 0.3 is 0 Å². The van der Waals surface area contributed by atoms with Gasteiger partial charge in [0.2, 0.25) is 5.44 Å². The molecule has 6 heavy (non-hydrogen) atoms. The van der Waals surface area contributed by atoms with Crippen LogP contribution in [0.15, 0.2) is 0 Å². The predicted octanol–water partition coefficient (Wildman–Crippen LogP) is -0.297. The van der Waals surface area contributed by atoms with Crippen LogP contribution in [-0.4, -0.2) is 21.4 Å². The Morgan fingerprint density at radius 1 is 1.83 bits per heavy atom. The molecule has 2 atom stereocenters. The minimum absolute atomic E-state index is 0.676. The van der Waals surface area contributed by atoms with Crippen molar-refractivity contribution < 1.29 is 9.66 Å². The van der Waals surface area contributed by atoms with Crippen molar-refractivity contribution in [2.45, 2.75) is 12.4 Å². The van der Waals surface area contributed by atoms with Crippen LogP contribution in [-0.2, 0) is 11.2 Å². The highest BCUT2D eigenvalue weighted by atomic mass is 32.2. The molecule has 0 amide bonds. The van der Waals surface area contributed by atoms with Crippen molar-refractivity contribution in [3.8, 4) is 0 Å². The van der Waals surface area contributed by atoms with Crippen LogP contribution in [0.1, 0.15) is 6.92 Å². The van der Waals surface area contributed by atoms with E-state index in [1.165, 1.54) is 13.2 Å². The minimum Gasteiger partial charge on any atom is -0.615 e. The first-order valence-corrected chi connectivity index (χ1v) is 3.27. The molecule has 0 rings (SSSR count). The lowest BCUT2D eigenvalue weighted by atomic mass is 10.9. The third-order valence-corrected chi connectivity index (χ3v) is 1.44. The molecule has 0 radical (unpaired) electrons. The second-order valence-electron chi connectivity index (χ2n) is 1.10. The third kappa shape index (κ3) is 2.50. The molecule has 0 bridgehead atoms. The average Bonchev–Trinajstić information content (AvgIpc) is 1.36. The molecule has 0 aromatic rings. The first kappa shape index (κ1) is 6.27. The Labute approximate surface area is 40.4 Å². The van der Waals surface area contributed by atoms with Crippen LogP contribution in [0.4, 0.5) is 0 Å². The summed E-state index contributed by atoms with van der Waals surface area (Å²) in [5.41, 5.74) is -0.676. The first-order chi connectivity index (χ1) is 2.64. The van der Waals surface area contributed by atoms with Crippen molar-refractivity contribution >= 4 is 11.2 Å². The van der Waals surface area contributed by atoms with Crippen molar-refractivity contribution in [2.75, 3.05) is 6.26 Å². The molecule has 0 aliphatic carbocycles. The van der Waals surface area contributed by atoms with Gasteiger partial charge in [-0.3, -0.25) is 0 Å². The van der Waals surface area contributed by atoms with Gasteiger partial charge in [0.05, 0.1) is 6.26 Å². The van der Waals surface area contributed by atoms with Gasteiger partial charge in [0.15, 0.2) is 0 Å². The lowest BCUT2D eigenvalue weighted by Crippen LogP contribution is -2.13.